The SMILES string of the molecule is C=C(CN1CC=C(c2cc(F)ccc2F)CC1)N1c2c(N)cc(F)cc2CCC1C. The Bertz CT molecular complexity index is 1010. The van der Waals surface area contributed by atoms with Crippen molar-refractivity contribution in [1.29, 1.82) is 0 Å². The van der Waals surface area contributed by atoms with Gasteiger partial charge in [-0.05, 0) is 67.7 Å². The third kappa shape index (κ3) is 3.97. The number of halogens is 3. The number of nitrogens with zero attached hydrogens (tertiary/aromatic N) is 2. The third-order valence-corrected chi connectivity index (χ3v) is 6.01. The lowest BCUT2D eigenvalue weighted by Gasteiger charge is -2.40. The van der Waals surface area contributed by atoms with Gasteiger partial charge in [-0.15, -0.1) is 0 Å². The fourth-order valence-electron chi connectivity index (χ4n) is 4.52. The molecule has 0 aliphatic carbocycles. The number of hydrogen-bond acceptors (Lipinski definition) is 3. The maximum absolute atomic E-state index is 14.1. The highest BCUT2D eigenvalue weighted by Gasteiger charge is 2.28. The molecular weight excluding hydrogens is 387 g/mol. The number of hydrogen-bond donors (Lipinski definition) is 1. The van der Waals surface area contributed by atoms with Crippen molar-refractivity contribution in [2.24, 2.45) is 0 Å². The van der Waals surface area contributed by atoms with Gasteiger partial charge in [-0.25, -0.2) is 13.2 Å². The lowest BCUT2D eigenvalue weighted by Crippen LogP contribution is -2.42. The molecule has 1 unspecified atom stereocenters. The molecule has 2 aromatic carbocycles. The van der Waals surface area contributed by atoms with Gasteiger partial charge in [0.1, 0.15) is 17.5 Å². The molecule has 0 bridgehead atoms. The summed E-state index contributed by atoms with van der Waals surface area (Å²) in [5.41, 5.74) is 10.4. The molecule has 0 fully saturated rings. The smallest absolute Gasteiger partial charge is 0.130 e. The number of fused-ring (bicyclic) bond motifs is 1. The van der Waals surface area contributed by atoms with E-state index in [2.05, 4.69) is 23.3 Å². The van der Waals surface area contributed by atoms with E-state index >= 15 is 0 Å². The Morgan fingerprint density at radius 1 is 1.13 bits per heavy atom. The summed E-state index contributed by atoms with van der Waals surface area (Å²) in [6.07, 6.45) is 4.27. The lowest BCUT2D eigenvalue weighted by atomic mass is 9.94. The second-order valence-electron chi connectivity index (χ2n) is 8.17. The Morgan fingerprint density at radius 3 is 2.67 bits per heavy atom. The Hall–Kier alpha value is -2.73. The molecule has 2 N–H and O–H groups in total. The van der Waals surface area contributed by atoms with Gasteiger partial charge in [-0.1, -0.05) is 12.7 Å². The van der Waals surface area contributed by atoms with Gasteiger partial charge in [0.2, 0.25) is 0 Å². The first-order valence-corrected chi connectivity index (χ1v) is 10.2. The molecule has 2 aliphatic rings. The summed E-state index contributed by atoms with van der Waals surface area (Å²) in [6, 6.07) is 6.69. The number of nitrogens with two attached hydrogens (primary N) is 1. The van der Waals surface area contributed by atoms with E-state index in [4.69, 9.17) is 5.73 Å². The average Bonchev–Trinajstić information content (AvgIpc) is 2.70. The monoisotopic (exact) mass is 413 g/mol. The van der Waals surface area contributed by atoms with Crippen LogP contribution in [-0.4, -0.2) is 30.6 Å². The summed E-state index contributed by atoms with van der Waals surface area (Å²) in [7, 11) is 0. The number of benzene rings is 2. The molecule has 0 saturated carbocycles. The zero-order valence-corrected chi connectivity index (χ0v) is 17.1. The number of nitrogen functional groups attached to an aromatic ring is 1. The molecule has 0 saturated heterocycles. The van der Waals surface area contributed by atoms with E-state index in [0.717, 1.165) is 48.0 Å². The van der Waals surface area contributed by atoms with Crippen molar-refractivity contribution in [1.82, 2.24) is 4.90 Å². The first-order valence-electron chi connectivity index (χ1n) is 10.2. The minimum absolute atomic E-state index is 0.218. The van der Waals surface area contributed by atoms with Crippen LogP contribution in [0, 0.1) is 17.5 Å². The highest BCUT2D eigenvalue weighted by molar-refractivity contribution is 5.75. The molecule has 2 heterocycles. The molecule has 1 atom stereocenters. The minimum Gasteiger partial charge on any atom is -0.397 e. The normalized spacial score (nSPS) is 19.4. The van der Waals surface area contributed by atoms with Crippen LogP contribution < -0.4 is 10.6 Å². The number of anilines is 2. The number of aryl methyl sites for hydroxylation is 1. The first-order chi connectivity index (χ1) is 14.3. The van der Waals surface area contributed by atoms with Gasteiger partial charge in [0.05, 0.1) is 11.4 Å². The van der Waals surface area contributed by atoms with Crippen LogP contribution in [0.3, 0.4) is 0 Å². The Kier molecular flexibility index (Phi) is 5.60. The Balaban J connectivity index is 1.49. The van der Waals surface area contributed by atoms with Gasteiger partial charge in [0, 0.05) is 36.9 Å². The lowest BCUT2D eigenvalue weighted by molar-refractivity contribution is 0.322. The topological polar surface area (TPSA) is 32.5 Å². The minimum atomic E-state index is -0.435. The average molecular weight is 413 g/mol. The standard InChI is InChI=1S/C24H26F3N3/c1-15-3-4-18-11-20(26)13-23(28)24(18)30(15)16(2)14-29-9-7-17(8-10-29)21-12-19(25)5-6-22(21)27/h5-7,11-13,15H,2-4,8-10,14,28H2,1H3. The van der Waals surface area contributed by atoms with Gasteiger partial charge in [-0.3, -0.25) is 4.90 Å². The second kappa shape index (κ2) is 8.19. The van der Waals surface area contributed by atoms with Crippen LogP contribution in [0.25, 0.3) is 5.57 Å². The van der Waals surface area contributed by atoms with Crippen molar-refractivity contribution in [3.8, 4) is 0 Å². The summed E-state index contributed by atoms with van der Waals surface area (Å²) in [6.45, 7) is 8.38. The molecule has 4 rings (SSSR count). The number of rotatable bonds is 4. The van der Waals surface area contributed by atoms with Crippen LogP contribution in [0.1, 0.15) is 30.9 Å². The van der Waals surface area contributed by atoms with Crippen LogP contribution in [0.5, 0.6) is 0 Å². The van der Waals surface area contributed by atoms with Crippen molar-refractivity contribution in [2.45, 2.75) is 32.2 Å². The largest absolute Gasteiger partial charge is 0.397 e. The summed E-state index contributed by atoms with van der Waals surface area (Å²) >= 11 is 0. The Morgan fingerprint density at radius 2 is 1.93 bits per heavy atom. The maximum Gasteiger partial charge on any atom is 0.130 e. The highest BCUT2D eigenvalue weighted by Crippen LogP contribution is 2.38. The highest BCUT2D eigenvalue weighted by atomic mass is 19.1. The van der Waals surface area contributed by atoms with Gasteiger partial charge < -0.3 is 10.6 Å². The summed E-state index contributed by atoms with van der Waals surface area (Å²) in [4.78, 5) is 4.34. The second-order valence-corrected chi connectivity index (χ2v) is 8.17. The van der Waals surface area contributed by atoms with Crippen molar-refractivity contribution in [3.05, 3.63) is 77.3 Å². The Labute approximate surface area is 175 Å². The van der Waals surface area contributed by atoms with Crippen LogP contribution in [0.15, 0.2) is 48.7 Å². The third-order valence-electron chi connectivity index (χ3n) is 6.01. The molecule has 0 radical (unpaired) electrons. The van der Waals surface area contributed by atoms with E-state index in [1.807, 2.05) is 6.08 Å². The van der Waals surface area contributed by atoms with Crippen molar-refractivity contribution >= 4 is 16.9 Å². The van der Waals surface area contributed by atoms with Crippen molar-refractivity contribution in [2.75, 3.05) is 30.3 Å². The first kappa shape index (κ1) is 20.5. The maximum atomic E-state index is 14.1. The van der Waals surface area contributed by atoms with Crippen LogP contribution in [0.4, 0.5) is 24.5 Å². The molecule has 2 aromatic rings. The predicted octanol–water partition coefficient (Wildman–Crippen LogP) is 5.13. The van der Waals surface area contributed by atoms with E-state index < -0.39 is 11.6 Å². The van der Waals surface area contributed by atoms with Crippen LogP contribution in [0.2, 0.25) is 0 Å². The molecule has 2 aliphatic heterocycles. The molecule has 0 spiro atoms. The molecule has 158 valence electrons. The molecule has 30 heavy (non-hydrogen) atoms. The zero-order valence-electron chi connectivity index (χ0n) is 17.1. The van der Waals surface area contributed by atoms with E-state index in [9.17, 15) is 13.2 Å². The van der Waals surface area contributed by atoms with Crippen LogP contribution in [-0.2, 0) is 6.42 Å². The molecule has 0 amide bonds. The van der Waals surface area contributed by atoms with E-state index in [0.29, 0.717) is 30.8 Å². The van der Waals surface area contributed by atoms with Gasteiger partial charge in [0.25, 0.3) is 0 Å². The van der Waals surface area contributed by atoms with Crippen molar-refractivity contribution in [3.63, 3.8) is 0 Å². The van der Waals surface area contributed by atoms with E-state index in [1.165, 1.54) is 18.2 Å². The fraction of sp³-hybridized carbons (Fsp3) is 0.333. The summed E-state index contributed by atoms with van der Waals surface area (Å²) < 4.78 is 41.4. The fourth-order valence-corrected chi connectivity index (χ4v) is 4.52. The van der Waals surface area contributed by atoms with Crippen molar-refractivity contribution < 1.29 is 13.2 Å². The van der Waals surface area contributed by atoms with Gasteiger partial charge in [-0.2, -0.15) is 0 Å². The quantitative estimate of drug-likeness (QED) is 0.706. The molecule has 0 aromatic heterocycles. The van der Waals surface area contributed by atoms with Gasteiger partial charge >= 0.3 is 0 Å². The predicted molar refractivity (Wildman–Crippen MR) is 116 cm³/mol. The molecule has 6 heteroatoms. The molecule has 3 nitrogen and oxygen atoms in total. The summed E-state index contributed by atoms with van der Waals surface area (Å²) in [5, 5.41) is 0. The van der Waals surface area contributed by atoms with Gasteiger partial charge in [0.15, 0.2) is 0 Å². The molecular formula is C24H26F3N3. The zero-order chi connectivity index (χ0) is 21.4. The van der Waals surface area contributed by atoms with Crippen LogP contribution >= 0.6 is 0 Å². The summed E-state index contributed by atoms with van der Waals surface area (Å²) in [5.74, 6) is -1.15. The van der Waals surface area contributed by atoms with E-state index in [1.54, 1.807) is 6.07 Å². The van der Waals surface area contributed by atoms with E-state index in [-0.39, 0.29) is 11.9 Å².